The zero-order valence-electron chi connectivity index (χ0n) is 21.1. The van der Waals surface area contributed by atoms with Crippen molar-refractivity contribution in [3.8, 4) is 0 Å². The summed E-state index contributed by atoms with van der Waals surface area (Å²) >= 11 is 5.82. The number of aromatic nitrogens is 4. The van der Waals surface area contributed by atoms with Crippen LogP contribution in [0.3, 0.4) is 0 Å². The first kappa shape index (κ1) is 27.2. The van der Waals surface area contributed by atoms with E-state index in [4.69, 9.17) is 23.2 Å². The summed E-state index contributed by atoms with van der Waals surface area (Å²) in [5.74, 6) is 6.69. The van der Waals surface area contributed by atoms with Crippen LogP contribution in [0.25, 0.3) is 11.2 Å². The molecule has 1 aliphatic carbocycles. The molecule has 4 aromatic rings. The molecule has 36 heavy (non-hydrogen) atoms. The first-order chi connectivity index (χ1) is 17.5. The van der Waals surface area contributed by atoms with E-state index in [1.807, 2.05) is 37.7 Å². The number of aldehydes is 1. The summed E-state index contributed by atoms with van der Waals surface area (Å²) in [7, 11) is 1.85. The monoisotopic (exact) mass is 510 g/mol. The third-order valence-corrected chi connectivity index (χ3v) is 5.72. The van der Waals surface area contributed by atoms with Crippen LogP contribution in [0.4, 0.5) is 0 Å². The second kappa shape index (κ2) is 13.1. The van der Waals surface area contributed by atoms with Crippen LogP contribution in [0.2, 0.25) is 5.02 Å². The van der Waals surface area contributed by atoms with E-state index in [-0.39, 0.29) is 0 Å². The maximum Gasteiger partial charge on any atom is 0.137 e. The minimum absolute atomic E-state index is 0.330. The second-order valence-electron chi connectivity index (χ2n) is 8.34. The molecule has 1 fully saturated rings. The van der Waals surface area contributed by atoms with Gasteiger partial charge in [0.2, 0.25) is 0 Å². The average Bonchev–Trinajstić information content (AvgIpc) is 3.53. The molecular formula is C26H35ClN8O. The molecule has 0 radical (unpaired) electrons. The first-order valence-electron chi connectivity index (χ1n) is 12.1. The molecule has 4 heterocycles. The van der Waals surface area contributed by atoms with Gasteiger partial charge in [-0.25, -0.2) is 15.8 Å². The Hall–Kier alpha value is -3.40. The fourth-order valence-corrected chi connectivity index (χ4v) is 3.90. The van der Waals surface area contributed by atoms with Gasteiger partial charge in [-0.1, -0.05) is 31.5 Å². The predicted octanol–water partition coefficient (Wildman–Crippen LogP) is 3.66. The molecule has 192 valence electrons. The van der Waals surface area contributed by atoms with E-state index in [1.165, 1.54) is 18.4 Å². The number of pyridine rings is 2. The molecule has 1 saturated carbocycles. The van der Waals surface area contributed by atoms with Gasteiger partial charge in [-0.05, 0) is 49.6 Å². The number of carbonyl (C=O) groups excluding carboxylic acids is 1. The number of imidazole rings is 2. The Morgan fingerprint density at radius 3 is 2.72 bits per heavy atom. The normalized spacial score (nSPS) is 13.1. The van der Waals surface area contributed by atoms with E-state index in [0.29, 0.717) is 30.2 Å². The smallest absolute Gasteiger partial charge is 0.137 e. The maximum absolute atomic E-state index is 10.3. The largest absolute Gasteiger partial charge is 0.400 e. The molecule has 0 unspecified atom stereocenters. The van der Waals surface area contributed by atoms with Gasteiger partial charge in [-0.2, -0.15) is 0 Å². The third kappa shape index (κ3) is 7.30. The van der Waals surface area contributed by atoms with E-state index in [2.05, 4.69) is 38.0 Å². The number of halogens is 1. The quantitative estimate of drug-likeness (QED) is 0.188. The van der Waals surface area contributed by atoms with Crippen molar-refractivity contribution in [1.29, 1.82) is 0 Å². The van der Waals surface area contributed by atoms with Gasteiger partial charge in [0.1, 0.15) is 11.9 Å². The topological polar surface area (TPSA) is 119 Å². The van der Waals surface area contributed by atoms with E-state index in [9.17, 15) is 4.79 Å². The average molecular weight is 511 g/mol. The van der Waals surface area contributed by atoms with Crippen molar-refractivity contribution in [1.82, 2.24) is 29.1 Å². The summed E-state index contributed by atoms with van der Waals surface area (Å²) in [4.78, 5) is 19.0. The van der Waals surface area contributed by atoms with Gasteiger partial charge < -0.3 is 29.7 Å². The third-order valence-electron chi connectivity index (χ3n) is 5.49. The van der Waals surface area contributed by atoms with Crippen LogP contribution < -0.4 is 16.9 Å². The SMILES string of the molecule is CC.CNC/C(N)=C/N(N)Cc1cn2cc(C3CC3)ccc2n1.O=CCc1ncn2ccc(Cl)cc12. The second-order valence-corrected chi connectivity index (χ2v) is 8.78. The van der Waals surface area contributed by atoms with Crippen molar-refractivity contribution in [2.75, 3.05) is 13.6 Å². The Kier molecular flexibility index (Phi) is 9.86. The van der Waals surface area contributed by atoms with E-state index in [1.54, 1.807) is 29.7 Å². The van der Waals surface area contributed by atoms with Crippen molar-refractivity contribution in [2.24, 2.45) is 11.6 Å². The Morgan fingerprint density at radius 1 is 1.25 bits per heavy atom. The van der Waals surface area contributed by atoms with Gasteiger partial charge in [0.05, 0.1) is 29.8 Å². The molecule has 0 aromatic carbocycles. The summed E-state index contributed by atoms with van der Waals surface area (Å²) in [6, 6.07) is 7.83. The molecule has 5 N–H and O–H groups in total. The number of rotatable bonds is 8. The minimum Gasteiger partial charge on any atom is -0.400 e. The lowest BCUT2D eigenvalue weighted by molar-refractivity contribution is -0.107. The molecule has 0 amide bonds. The zero-order valence-corrected chi connectivity index (χ0v) is 21.8. The fraction of sp³-hybridized carbons (Fsp3) is 0.346. The Balaban J connectivity index is 0.000000206. The highest BCUT2D eigenvalue weighted by Gasteiger charge is 2.23. The minimum atomic E-state index is 0.330. The predicted molar refractivity (Wildman–Crippen MR) is 144 cm³/mol. The molecule has 0 spiro atoms. The number of likely N-dealkylation sites (N-methyl/N-ethyl adjacent to an activating group) is 1. The summed E-state index contributed by atoms with van der Waals surface area (Å²) in [6.07, 6.45) is 13.2. The Morgan fingerprint density at radius 2 is 2.03 bits per heavy atom. The summed E-state index contributed by atoms with van der Waals surface area (Å²) in [5, 5.41) is 5.20. The highest BCUT2D eigenvalue weighted by molar-refractivity contribution is 6.30. The van der Waals surface area contributed by atoms with E-state index in [0.717, 1.165) is 34.8 Å². The molecule has 5 rings (SSSR count). The maximum atomic E-state index is 10.3. The number of hydrogen-bond donors (Lipinski definition) is 3. The van der Waals surface area contributed by atoms with Crippen LogP contribution in [-0.4, -0.2) is 43.7 Å². The lowest BCUT2D eigenvalue weighted by atomic mass is 10.2. The molecule has 9 nitrogen and oxygen atoms in total. The van der Waals surface area contributed by atoms with Crippen molar-refractivity contribution in [2.45, 2.75) is 45.6 Å². The van der Waals surface area contributed by atoms with Crippen LogP contribution >= 0.6 is 11.6 Å². The number of fused-ring (bicyclic) bond motifs is 2. The van der Waals surface area contributed by atoms with Gasteiger partial charge in [0.25, 0.3) is 0 Å². The lowest BCUT2D eigenvalue weighted by Gasteiger charge is -2.13. The first-order valence-corrected chi connectivity index (χ1v) is 12.5. The van der Waals surface area contributed by atoms with Crippen LogP contribution in [0.15, 0.2) is 61.1 Å². The van der Waals surface area contributed by atoms with Crippen LogP contribution in [0, 0.1) is 0 Å². The Bertz CT molecular complexity index is 1310. The highest BCUT2D eigenvalue weighted by atomic mass is 35.5. The summed E-state index contributed by atoms with van der Waals surface area (Å²) in [6.45, 7) is 5.15. The van der Waals surface area contributed by atoms with Gasteiger partial charge in [0, 0.05) is 48.5 Å². The fourth-order valence-electron chi connectivity index (χ4n) is 3.74. The van der Waals surface area contributed by atoms with Gasteiger partial charge in [-0.3, -0.25) is 0 Å². The van der Waals surface area contributed by atoms with Crippen LogP contribution in [-0.2, 0) is 17.8 Å². The van der Waals surface area contributed by atoms with Crippen LogP contribution in [0.1, 0.15) is 49.6 Å². The molecule has 0 saturated heterocycles. The number of nitrogens with zero attached hydrogens (tertiary/aromatic N) is 5. The van der Waals surface area contributed by atoms with Gasteiger partial charge in [-0.15, -0.1) is 0 Å². The van der Waals surface area contributed by atoms with Crippen molar-refractivity contribution in [3.05, 3.63) is 83.1 Å². The summed E-state index contributed by atoms with van der Waals surface area (Å²) < 4.78 is 3.92. The van der Waals surface area contributed by atoms with Crippen LogP contribution in [0.5, 0.6) is 0 Å². The number of nitrogens with one attached hydrogen (secondary N) is 1. The number of carbonyl (C=O) groups is 1. The van der Waals surface area contributed by atoms with Crippen molar-refractivity contribution < 1.29 is 4.79 Å². The van der Waals surface area contributed by atoms with Crippen molar-refractivity contribution in [3.63, 3.8) is 0 Å². The zero-order chi connectivity index (χ0) is 26.1. The van der Waals surface area contributed by atoms with Crippen molar-refractivity contribution >= 4 is 29.1 Å². The van der Waals surface area contributed by atoms with E-state index < -0.39 is 0 Å². The molecular weight excluding hydrogens is 476 g/mol. The standard InChI is InChI=1S/C15H22N6.C9H7ClN2O.C2H6/c1-18-6-13(16)8-21(17)10-14-9-20-7-12(11-2-3-11)4-5-15(20)19-14;10-7-1-3-12-6-11-8(2-4-13)9(12)5-7;1-2/h4-5,7-9,11,18H,2-3,6,10,16-17H2,1H3;1,3-6H,2H2;1-2H3/b13-8-;;. The molecule has 0 atom stereocenters. The Labute approximate surface area is 216 Å². The van der Waals surface area contributed by atoms with E-state index >= 15 is 0 Å². The molecule has 1 aliphatic rings. The number of nitrogens with two attached hydrogens (primary N) is 2. The van der Waals surface area contributed by atoms with Gasteiger partial charge in [0.15, 0.2) is 0 Å². The molecule has 4 aromatic heterocycles. The molecule has 10 heteroatoms. The molecule has 0 bridgehead atoms. The molecule has 0 aliphatic heterocycles. The summed E-state index contributed by atoms with van der Waals surface area (Å²) in [5.41, 5.74) is 11.5. The number of hydrogen-bond acceptors (Lipinski definition) is 7. The number of hydrazine groups is 1. The lowest BCUT2D eigenvalue weighted by Crippen LogP contribution is -2.28. The van der Waals surface area contributed by atoms with Gasteiger partial charge >= 0.3 is 0 Å². The highest BCUT2D eigenvalue weighted by Crippen LogP contribution is 2.39.